The van der Waals surface area contributed by atoms with E-state index in [1.165, 1.54) is 18.2 Å². The van der Waals surface area contributed by atoms with Gasteiger partial charge in [-0.1, -0.05) is 38.1 Å². The third-order valence-corrected chi connectivity index (χ3v) is 6.05. The zero-order valence-corrected chi connectivity index (χ0v) is 23.4. The number of carbonyl (C=O) groups excluding carboxylic acids is 3. The van der Waals surface area contributed by atoms with Gasteiger partial charge in [0.2, 0.25) is 0 Å². The van der Waals surface area contributed by atoms with Crippen LogP contribution in [0.15, 0.2) is 48.5 Å². The van der Waals surface area contributed by atoms with Gasteiger partial charge in [0.15, 0.2) is 11.5 Å². The fourth-order valence-electron chi connectivity index (χ4n) is 3.53. The molecule has 3 N–H and O–H groups in total. The Kier molecular flexibility index (Phi) is 11.9. The first kappa shape index (κ1) is 32.1. The van der Waals surface area contributed by atoms with Crippen LogP contribution in [0, 0.1) is 0 Å². The Morgan fingerprint density at radius 1 is 0.800 bits per heavy atom. The Hall–Kier alpha value is -4.12. The molecule has 0 fully saturated rings. The lowest BCUT2D eigenvalue weighted by molar-refractivity contribution is -0.144. The highest BCUT2D eigenvalue weighted by Gasteiger charge is 2.37. The lowest BCUT2D eigenvalue weighted by Gasteiger charge is -2.28. The molecule has 0 aliphatic carbocycles. The number of benzene rings is 2. The molecule has 0 saturated heterocycles. The summed E-state index contributed by atoms with van der Waals surface area (Å²) in [6.45, 7) is 8.57. The van der Waals surface area contributed by atoms with Crippen molar-refractivity contribution in [2.24, 2.45) is 5.73 Å². The van der Waals surface area contributed by atoms with Gasteiger partial charge in [-0.05, 0) is 63.4 Å². The van der Waals surface area contributed by atoms with Crippen molar-refractivity contribution in [2.75, 3.05) is 0 Å². The number of hydrogen-bond donors (Lipinski definition) is 2. The van der Waals surface area contributed by atoms with E-state index in [1.54, 1.807) is 51.1 Å². The maximum absolute atomic E-state index is 12.4. The molecule has 0 aliphatic rings. The van der Waals surface area contributed by atoms with Crippen molar-refractivity contribution in [1.82, 2.24) is 0 Å². The van der Waals surface area contributed by atoms with E-state index in [2.05, 4.69) is 0 Å². The van der Waals surface area contributed by atoms with E-state index in [0.717, 1.165) is 0 Å². The number of rotatable bonds is 13. The van der Waals surface area contributed by atoms with Crippen LogP contribution in [0.25, 0.3) is 0 Å². The summed E-state index contributed by atoms with van der Waals surface area (Å²) in [5, 5.41) is 9.96. The summed E-state index contributed by atoms with van der Waals surface area (Å²) in [6.07, 6.45) is -3.06. The molecule has 11 nitrogen and oxygen atoms in total. The highest BCUT2D eigenvalue weighted by Crippen LogP contribution is 2.32. The van der Waals surface area contributed by atoms with Crippen molar-refractivity contribution in [3.8, 4) is 11.5 Å². The Bertz CT molecular complexity index is 1170. The minimum absolute atomic E-state index is 0.138. The molecule has 2 aromatic rings. The van der Waals surface area contributed by atoms with E-state index >= 15 is 0 Å². The minimum Gasteiger partial charge on any atom is -0.480 e. The Labute approximate surface area is 233 Å². The fourth-order valence-corrected chi connectivity index (χ4v) is 3.53. The van der Waals surface area contributed by atoms with E-state index in [1.807, 2.05) is 13.8 Å². The first-order valence-electron chi connectivity index (χ1n) is 13.0. The number of esters is 1. The van der Waals surface area contributed by atoms with Crippen molar-refractivity contribution in [3.05, 3.63) is 59.7 Å². The zero-order valence-electron chi connectivity index (χ0n) is 23.4. The van der Waals surface area contributed by atoms with Crippen molar-refractivity contribution < 1.29 is 48.0 Å². The molecule has 0 heterocycles. The molecule has 0 aliphatic heterocycles. The number of carboxylic acid groups (broad SMARTS) is 1. The van der Waals surface area contributed by atoms with Crippen LogP contribution in [0.5, 0.6) is 11.5 Å². The van der Waals surface area contributed by atoms with Crippen LogP contribution >= 0.6 is 0 Å². The predicted octanol–water partition coefficient (Wildman–Crippen LogP) is 5.27. The van der Waals surface area contributed by atoms with Crippen molar-refractivity contribution in [1.29, 1.82) is 0 Å². The van der Waals surface area contributed by atoms with Crippen molar-refractivity contribution >= 4 is 24.2 Å². The molecule has 0 aromatic heterocycles. The molecular formula is C29H37NO10. The van der Waals surface area contributed by atoms with Crippen LogP contribution in [0.2, 0.25) is 0 Å². The molecule has 0 saturated carbocycles. The number of aliphatic carboxylic acids is 1. The van der Waals surface area contributed by atoms with E-state index in [-0.39, 0.29) is 24.3 Å². The third-order valence-electron chi connectivity index (χ3n) is 6.05. The topological polar surface area (TPSA) is 161 Å². The van der Waals surface area contributed by atoms with Gasteiger partial charge in [0, 0.05) is 12.8 Å². The number of carboxylic acids is 1. The van der Waals surface area contributed by atoms with Crippen LogP contribution in [-0.2, 0) is 25.4 Å². The molecule has 218 valence electrons. The number of nitrogens with two attached hydrogens (primary N) is 1. The maximum atomic E-state index is 12.4. The van der Waals surface area contributed by atoms with Gasteiger partial charge >= 0.3 is 24.2 Å². The highest BCUT2D eigenvalue weighted by molar-refractivity contribution is 5.89. The summed E-state index contributed by atoms with van der Waals surface area (Å²) >= 11 is 0. The molecule has 11 heteroatoms. The summed E-state index contributed by atoms with van der Waals surface area (Å²) in [6, 6.07) is 12.4. The van der Waals surface area contributed by atoms with Crippen LogP contribution in [0.4, 0.5) is 9.59 Å². The lowest BCUT2D eigenvalue weighted by Crippen LogP contribution is -2.52. The van der Waals surface area contributed by atoms with Crippen LogP contribution in [0.1, 0.15) is 69.8 Å². The summed E-state index contributed by atoms with van der Waals surface area (Å²) in [7, 11) is 0. The van der Waals surface area contributed by atoms with Crippen molar-refractivity contribution in [2.45, 2.75) is 84.2 Å². The van der Waals surface area contributed by atoms with Gasteiger partial charge < -0.3 is 34.5 Å². The number of carbonyl (C=O) groups is 4. The first-order chi connectivity index (χ1) is 18.9. The van der Waals surface area contributed by atoms with Crippen LogP contribution < -0.4 is 15.2 Å². The molecule has 0 spiro atoms. The smallest absolute Gasteiger partial charge is 0.480 e. The molecule has 0 radical (unpaired) electrons. The summed E-state index contributed by atoms with van der Waals surface area (Å²) in [5.74, 6) is -2.27. The molecule has 2 rings (SSSR count). The summed E-state index contributed by atoms with van der Waals surface area (Å²) in [5.41, 5.74) is 5.09. The average molecular weight is 560 g/mol. The zero-order chi connectivity index (χ0) is 29.9. The normalized spacial score (nSPS) is 14.6. The third kappa shape index (κ3) is 9.88. The average Bonchev–Trinajstić information content (AvgIpc) is 2.90. The second kappa shape index (κ2) is 14.9. The largest absolute Gasteiger partial charge is 0.514 e. The molecule has 40 heavy (non-hydrogen) atoms. The van der Waals surface area contributed by atoms with E-state index in [4.69, 9.17) is 29.4 Å². The van der Waals surface area contributed by atoms with Gasteiger partial charge in [-0.25, -0.2) is 14.4 Å². The second-order valence-corrected chi connectivity index (χ2v) is 9.58. The van der Waals surface area contributed by atoms with Gasteiger partial charge in [-0.15, -0.1) is 0 Å². The monoisotopic (exact) mass is 559 g/mol. The van der Waals surface area contributed by atoms with Gasteiger partial charge in [-0.3, -0.25) is 4.79 Å². The quantitative estimate of drug-likeness (QED) is 0.187. The Balaban J connectivity index is 2.26. The van der Waals surface area contributed by atoms with Crippen LogP contribution in [0.3, 0.4) is 0 Å². The van der Waals surface area contributed by atoms with Gasteiger partial charge in [0.25, 0.3) is 0 Å². The van der Waals surface area contributed by atoms with Gasteiger partial charge in [-0.2, -0.15) is 0 Å². The molecule has 0 bridgehead atoms. The van der Waals surface area contributed by atoms with E-state index in [0.29, 0.717) is 24.0 Å². The molecule has 2 aromatic carbocycles. The predicted molar refractivity (Wildman–Crippen MR) is 144 cm³/mol. The number of ether oxygens (including phenoxy) is 5. The number of hydrogen-bond acceptors (Lipinski definition) is 10. The van der Waals surface area contributed by atoms with Gasteiger partial charge in [0.1, 0.15) is 23.9 Å². The second-order valence-electron chi connectivity index (χ2n) is 9.58. The molecular weight excluding hydrogens is 522 g/mol. The van der Waals surface area contributed by atoms with Gasteiger partial charge in [0.05, 0.1) is 5.56 Å². The van der Waals surface area contributed by atoms with E-state index in [9.17, 15) is 24.3 Å². The maximum Gasteiger partial charge on any atom is 0.514 e. The summed E-state index contributed by atoms with van der Waals surface area (Å²) < 4.78 is 26.2. The van der Waals surface area contributed by atoms with Crippen molar-refractivity contribution in [3.63, 3.8) is 0 Å². The lowest BCUT2D eigenvalue weighted by atomic mass is 9.86. The van der Waals surface area contributed by atoms with Crippen LogP contribution in [-0.4, -0.2) is 53.2 Å². The summed E-state index contributed by atoms with van der Waals surface area (Å²) in [4.78, 5) is 49.2. The standard InChI is InChI=1S/C29H37NO10/c1-6-18(3)37-27(34)39-23-14-13-21(15-24(23)40-28(35)38-19(4)7-2)17-29(30,26(32)33)16-20(5)36-25(31)22-11-9-8-10-12-22/h8-15,18-20H,6-7,16-17,30H2,1-5H3,(H,32,33)/t18?,19?,20-,29?/m0/s1. The first-order valence-corrected chi connectivity index (χ1v) is 13.0. The minimum atomic E-state index is -1.86. The SMILES string of the molecule is CCC(C)OC(=O)Oc1ccc(CC(N)(C[C@H](C)OC(=O)c2ccccc2)C(=O)O)cc1OC(=O)OC(C)CC. The molecule has 0 amide bonds. The highest BCUT2D eigenvalue weighted by atomic mass is 16.7. The Morgan fingerprint density at radius 3 is 1.88 bits per heavy atom. The molecule has 4 atom stereocenters. The Morgan fingerprint density at radius 2 is 1.35 bits per heavy atom. The fraction of sp³-hybridized carbons (Fsp3) is 0.448. The molecule has 3 unspecified atom stereocenters. The van der Waals surface area contributed by atoms with E-state index < -0.39 is 48.1 Å².